The molecule has 0 bridgehead atoms. The quantitative estimate of drug-likeness (QED) is 0.285. The summed E-state index contributed by atoms with van der Waals surface area (Å²) < 4.78 is 5.10. The van der Waals surface area contributed by atoms with Gasteiger partial charge in [0.05, 0.1) is 6.61 Å². The van der Waals surface area contributed by atoms with E-state index in [0.717, 1.165) is 0 Å². The van der Waals surface area contributed by atoms with Gasteiger partial charge in [0.1, 0.15) is 0 Å². The van der Waals surface area contributed by atoms with Gasteiger partial charge in [-0.05, 0) is 5.92 Å². The van der Waals surface area contributed by atoms with Crippen LogP contribution in [0.5, 0.6) is 0 Å². The van der Waals surface area contributed by atoms with E-state index in [0.29, 0.717) is 24.8 Å². The Morgan fingerprint density at radius 2 is 2.20 bits per heavy atom. The van der Waals surface area contributed by atoms with Gasteiger partial charge in [0.2, 0.25) is 5.90 Å². The summed E-state index contributed by atoms with van der Waals surface area (Å²) >= 11 is 0. The smallest absolute Gasteiger partial charge is 0.225 e. The third kappa shape index (κ3) is 4.18. The van der Waals surface area contributed by atoms with E-state index in [9.17, 15) is 0 Å². The standard InChI is InChI=1S/C7H15NO2/c1-4-7(8-9)10-5-6(2)3/h6,9H,4-5H2,1-3H3/b8-7-. The van der Waals surface area contributed by atoms with E-state index in [4.69, 9.17) is 9.94 Å². The van der Waals surface area contributed by atoms with Crippen LogP contribution in [0.3, 0.4) is 0 Å². The highest BCUT2D eigenvalue weighted by Crippen LogP contribution is 1.95. The molecule has 0 aliphatic heterocycles. The van der Waals surface area contributed by atoms with Crippen LogP contribution in [0.25, 0.3) is 0 Å². The summed E-state index contributed by atoms with van der Waals surface area (Å²) in [6.07, 6.45) is 0.642. The maximum absolute atomic E-state index is 8.30. The molecule has 3 nitrogen and oxygen atoms in total. The lowest BCUT2D eigenvalue weighted by Gasteiger charge is -2.07. The molecule has 0 fully saturated rings. The van der Waals surface area contributed by atoms with Crippen LogP contribution >= 0.6 is 0 Å². The van der Waals surface area contributed by atoms with E-state index >= 15 is 0 Å². The zero-order valence-corrected chi connectivity index (χ0v) is 6.79. The molecule has 0 aromatic heterocycles. The predicted molar refractivity (Wildman–Crippen MR) is 40.3 cm³/mol. The monoisotopic (exact) mass is 145 g/mol. The van der Waals surface area contributed by atoms with Gasteiger partial charge in [-0.15, -0.1) is 0 Å². The number of rotatable bonds is 3. The second kappa shape index (κ2) is 5.09. The molecule has 0 spiro atoms. The van der Waals surface area contributed by atoms with Gasteiger partial charge in [-0.3, -0.25) is 0 Å². The van der Waals surface area contributed by atoms with Crippen LogP contribution in [-0.2, 0) is 4.74 Å². The fourth-order valence-electron chi connectivity index (χ4n) is 0.465. The van der Waals surface area contributed by atoms with Gasteiger partial charge in [0, 0.05) is 6.42 Å². The molecule has 10 heavy (non-hydrogen) atoms. The lowest BCUT2D eigenvalue weighted by Crippen LogP contribution is -2.08. The minimum atomic E-state index is 0.411. The molecule has 0 aliphatic carbocycles. The predicted octanol–water partition coefficient (Wildman–Crippen LogP) is 1.86. The molecule has 0 unspecified atom stereocenters. The molecule has 0 aliphatic rings. The van der Waals surface area contributed by atoms with Crippen molar-refractivity contribution in [2.75, 3.05) is 6.61 Å². The molecule has 1 N–H and O–H groups in total. The van der Waals surface area contributed by atoms with E-state index in [1.165, 1.54) is 0 Å². The molecule has 0 atom stereocenters. The van der Waals surface area contributed by atoms with Crippen molar-refractivity contribution in [3.63, 3.8) is 0 Å². The Morgan fingerprint density at radius 1 is 1.60 bits per heavy atom. The van der Waals surface area contributed by atoms with Crippen LogP contribution in [0.15, 0.2) is 5.16 Å². The Hall–Kier alpha value is -0.730. The molecule has 0 heterocycles. The van der Waals surface area contributed by atoms with Crippen molar-refractivity contribution in [2.24, 2.45) is 11.1 Å². The fraction of sp³-hybridized carbons (Fsp3) is 0.857. The molecule has 0 rings (SSSR count). The van der Waals surface area contributed by atoms with Gasteiger partial charge >= 0.3 is 0 Å². The first-order valence-corrected chi connectivity index (χ1v) is 3.54. The number of oxime groups is 1. The number of hydrogen-bond donors (Lipinski definition) is 1. The zero-order chi connectivity index (χ0) is 7.98. The maximum Gasteiger partial charge on any atom is 0.225 e. The first-order valence-electron chi connectivity index (χ1n) is 3.54. The summed E-state index contributed by atoms with van der Waals surface area (Å²) in [4.78, 5) is 0. The highest BCUT2D eigenvalue weighted by Gasteiger charge is 1.98. The van der Waals surface area contributed by atoms with Crippen LogP contribution < -0.4 is 0 Å². The van der Waals surface area contributed by atoms with Crippen LogP contribution in [0.1, 0.15) is 27.2 Å². The first-order chi connectivity index (χ1) is 4.70. The second-order valence-corrected chi connectivity index (χ2v) is 2.55. The second-order valence-electron chi connectivity index (χ2n) is 2.55. The molecule has 0 aromatic rings. The average Bonchev–Trinajstić information content (AvgIpc) is 1.90. The van der Waals surface area contributed by atoms with Crippen molar-refractivity contribution in [3.8, 4) is 0 Å². The van der Waals surface area contributed by atoms with Crippen molar-refractivity contribution in [2.45, 2.75) is 27.2 Å². The van der Waals surface area contributed by atoms with Crippen molar-refractivity contribution in [1.82, 2.24) is 0 Å². The van der Waals surface area contributed by atoms with E-state index in [1.54, 1.807) is 0 Å². The molecular weight excluding hydrogens is 130 g/mol. The normalized spacial score (nSPS) is 12.2. The van der Waals surface area contributed by atoms with Gasteiger partial charge < -0.3 is 9.94 Å². The summed E-state index contributed by atoms with van der Waals surface area (Å²) in [6.45, 7) is 6.60. The summed E-state index contributed by atoms with van der Waals surface area (Å²) in [5, 5.41) is 11.3. The molecule has 3 heteroatoms. The van der Waals surface area contributed by atoms with Crippen molar-refractivity contribution >= 4 is 5.90 Å². The number of nitrogens with zero attached hydrogens (tertiary/aromatic N) is 1. The van der Waals surface area contributed by atoms with E-state index in [1.807, 2.05) is 20.8 Å². The van der Waals surface area contributed by atoms with E-state index in [-0.39, 0.29) is 0 Å². The lowest BCUT2D eigenvalue weighted by atomic mass is 10.2. The summed E-state index contributed by atoms with van der Waals surface area (Å²) in [7, 11) is 0. The Bertz CT molecular complexity index is 110. The molecule has 0 amide bonds. The number of hydrogen-bond acceptors (Lipinski definition) is 3. The minimum absolute atomic E-state index is 0.411. The Kier molecular flexibility index (Phi) is 4.72. The average molecular weight is 145 g/mol. The summed E-state index contributed by atoms with van der Waals surface area (Å²) in [6, 6.07) is 0. The summed E-state index contributed by atoms with van der Waals surface area (Å²) in [5.41, 5.74) is 0. The molecule has 0 radical (unpaired) electrons. The molecule has 0 saturated carbocycles. The molecular formula is C7H15NO2. The van der Waals surface area contributed by atoms with Gasteiger partial charge in [-0.25, -0.2) is 0 Å². The van der Waals surface area contributed by atoms with Crippen LogP contribution in [0, 0.1) is 5.92 Å². The first kappa shape index (κ1) is 9.27. The SMILES string of the molecule is CC/C(=N/O)OCC(C)C. The highest BCUT2D eigenvalue weighted by atomic mass is 16.5. The van der Waals surface area contributed by atoms with Gasteiger partial charge in [-0.2, -0.15) is 0 Å². The fourth-order valence-corrected chi connectivity index (χ4v) is 0.465. The third-order valence-corrected chi connectivity index (χ3v) is 0.997. The lowest BCUT2D eigenvalue weighted by molar-refractivity contribution is 0.223. The third-order valence-electron chi connectivity index (χ3n) is 0.997. The van der Waals surface area contributed by atoms with Crippen LogP contribution in [0.4, 0.5) is 0 Å². The Labute approximate surface area is 61.7 Å². The van der Waals surface area contributed by atoms with Gasteiger partial charge in [-0.1, -0.05) is 25.9 Å². The van der Waals surface area contributed by atoms with E-state index < -0.39 is 0 Å². The van der Waals surface area contributed by atoms with Crippen molar-refractivity contribution in [3.05, 3.63) is 0 Å². The van der Waals surface area contributed by atoms with Gasteiger partial charge in [0.25, 0.3) is 0 Å². The number of ether oxygens (including phenoxy) is 1. The van der Waals surface area contributed by atoms with E-state index in [2.05, 4.69) is 5.16 Å². The minimum Gasteiger partial charge on any atom is -0.478 e. The van der Waals surface area contributed by atoms with Crippen molar-refractivity contribution < 1.29 is 9.94 Å². The highest BCUT2D eigenvalue weighted by molar-refractivity contribution is 5.74. The molecule has 0 aromatic carbocycles. The molecule has 0 saturated heterocycles. The Morgan fingerprint density at radius 3 is 2.50 bits per heavy atom. The van der Waals surface area contributed by atoms with Crippen molar-refractivity contribution in [1.29, 1.82) is 0 Å². The maximum atomic E-state index is 8.30. The molecule has 60 valence electrons. The zero-order valence-electron chi connectivity index (χ0n) is 6.79. The topological polar surface area (TPSA) is 41.8 Å². The van der Waals surface area contributed by atoms with Crippen LogP contribution in [0.2, 0.25) is 0 Å². The van der Waals surface area contributed by atoms with Crippen LogP contribution in [-0.4, -0.2) is 17.7 Å². The largest absolute Gasteiger partial charge is 0.478 e. The summed E-state index contributed by atoms with van der Waals surface area (Å²) in [5.74, 6) is 0.886. The van der Waals surface area contributed by atoms with Gasteiger partial charge in [0.15, 0.2) is 0 Å². The Balaban J connectivity index is 3.46.